The lowest BCUT2D eigenvalue weighted by Gasteiger charge is -2.38. The molecule has 1 unspecified atom stereocenters. The van der Waals surface area contributed by atoms with E-state index in [0.29, 0.717) is 13.1 Å². The molecule has 0 saturated carbocycles. The summed E-state index contributed by atoms with van der Waals surface area (Å²) >= 11 is 0. The summed E-state index contributed by atoms with van der Waals surface area (Å²) in [4.78, 5) is 30.1. The molecular formula is C27H32N4O2. The molecule has 1 aromatic heterocycles. The van der Waals surface area contributed by atoms with Crippen molar-refractivity contribution < 1.29 is 9.59 Å². The number of nitrogens with one attached hydrogen (secondary N) is 1. The standard InChI is InChI=1S/C27H32N4O2/c1-4-14-30(27(33)28-23-8-5-7-21(3)18-23)19-25(32)31-17-16-29-15-6-9-24(29)26(31)22-12-10-20(2)11-13-22/h5-13,15,18,26H,4,14,16-17,19H2,1-3H3,(H,28,33). The maximum Gasteiger partial charge on any atom is 0.322 e. The smallest absolute Gasteiger partial charge is 0.322 e. The molecule has 1 atom stereocenters. The molecule has 1 aliphatic rings. The normalized spacial score (nSPS) is 15.1. The summed E-state index contributed by atoms with van der Waals surface area (Å²) in [5, 5.41) is 2.95. The van der Waals surface area contributed by atoms with Crippen LogP contribution in [0.3, 0.4) is 0 Å². The summed E-state index contributed by atoms with van der Waals surface area (Å²) in [6, 6.07) is 19.7. The molecule has 0 radical (unpaired) electrons. The van der Waals surface area contributed by atoms with E-state index in [1.165, 1.54) is 5.56 Å². The zero-order valence-electron chi connectivity index (χ0n) is 19.6. The second-order valence-corrected chi connectivity index (χ2v) is 8.75. The number of amides is 3. The fourth-order valence-corrected chi connectivity index (χ4v) is 4.45. The third-order valence-corrected chi connectivity index (χ3v) is 6.13. The summed E-state index contributed by atoms with van der Waals surface area (Å²) in [5.41, 5.74) is 5.18. The highest BCUT2D eigenvalue weighted by Crippen LogP contribution is 2.32. The third kappa shape index (κ3) is 5.11. The Kier molecular flexibility index (Phi) is 6.82. The third-order valence-electron chi connectivity index (χ3n) is 6.13. The highest BCUT2D eigenvalue weighted by molar-refractivity contribution is 5.92. The van der Waals surface area contributed by atoms with Crippen molar-refractivity contribution in [3.8, 4) is 0 Å². The van der Waals surface area contributed by atoms with Gasteiger partial charge >= 0.3 is 6.03 Å². The first-order valence-corrected chi connectivity index (χ1v) is 11.6. The van der Waals surface area contributed by atoms with Gasteiger partial charge in [-0.15, -0.1) is 0 Å². The molecule has 4 rings (SSSR count). The average Bonchev–Trinajstić information content (AvgIpc) is 3.27. The molecule has 3 aromatic rings. The van der Waals surface area contributed by atoms with Crippen molar-refractivity contribution in [3.05, 3.63) is 89.2 Å². The first-order chi connectivity index (χ1) is 16.0. The van der Waals surface area contributed by atoms with Crippen LogP contribution in [0.4, 0.5) is 10.5 Å². The molecule has 33 heavy (non-hydrogen) atoms. The van der Waals surface area contributed by atoms with Crippen LogP contribution in [0, 0.1) is 13.8 Å². The minimum atomic E-state index is -0.247. The van der Waals surface area contributed by atoms with Crippen LogP contribution in [0.15, 0.2) is 66.9 Å². The van der Waals surface area contributed by atoms with Crippen LogP contribution in [0.5, 0.6) is 0 Å². The Morgan fingerprint density at radius 3 is 2.52 bits per heavy atom. The predicted molar refractivity (Wildman–Crippen MR) is 131 cm³/mol. The molecule has 2 heterocycles. The second-order valence-electron chi connectivity index (χ2n) is 8.75. The predicted octanol–water partition coefficient (Wildman–Crippen LogP) is 4.98. The quantitative estimate of drug-likeness (QED) is 0.583. The van der Waals surface area contributed by atoms with Gasteiger partial charge in [0.25, 0.3) is 0 Å². The summed E-state index contributed by atoms with van der Waals surface area (Å²) in [5.74, 6) is -0.0409. The van der Waals surface area contributed by atoms with Crippen LogP contribution in [0.25, 0.3) is 0 Å². The number of hydrogen-bond donors (Lipinski definition) is 1. The molecule has 6 heteroatoms. The minimum absolute atomic E-state index is 0.0409. The zero-order valence-corrected chi connectivity index (χ0v) is 19.6. The fourth-order valence-electron chi connectivity index (χ4n) is 4.45. The number of aromatic nitrogens is 1. The van der Waals surface area contributed by atoms with Gasteiger partial charge < -0.3 is 19.7 Å². The van der Waals surface area contributed by atoms with Gasteiger partial charge in [0.15, 0.2) is 0 Å². The van der Waals surface area contributed by atoms with E-state index in [2.05, 4.69) is 53.3 Å². The summed E-state index contributed by atoms with van der Waals surface area (Å²) in [7, 11) is 0. The van der Waals surface area contributed by atoms with Crippen LogP contribution >= 0.6 is 0 Å². The minimum Gasteiger partial charge on any atom is -0.348 e. The van der Waals surface area contributed by atoms with Crippen molar-refractivity contribution in [2.45, 2.75) is 39.8 Å². The Hall–Kier alpha value is -3.54. The molecule has 0 aliphatic carbocycles. The number of carbonyl (C=O) groups excluding carboxylic acids is 2. The molecule has 3 amide bonds. The number of aryl methyl sites for hydroxylation is 2. The largest absolute Gasteiger partial charge is 0.348 e. The van der Waals surface area contributed by atoms with Crippen LogP contribution in [0.1, 0.15) is 41.8 Å². The molecular weight excluding hydrogens is 412 g/mol. The van der Waals surface area contributed by atoms with Crippen molar-refractivity contribution in [2.75, 3.05) is 25.0 Å². The van der Waals surface area contributed by atoms with Crippen LogP contribution in [-0.2, 0) is 11.3 Å². The number of hydrogen-bond acceptors (Lipinski definition) is 2. The average molecular weight is 445 g/mol. The number of fused-ring (bicyclic) bond motifs is 1. The molecule has 1 aliphatic heterocycles. The van der Waals surface area contributed by atoms with Crippen molar-refractivity contribution in [2.24, 2.45) is 0 Å². The Balaban J connectivity index is 1.55. The lowest BCUT2D eigenvalue weighted by Crippen LogP contribution is -2.48. The van der Waals surface area contributed by atoms with Crippen molar-refractivity contribution >= 4 is 17.6 Å². The molecule has 0 spiro atoms. The lowest BCUT2D eigenvalue weighted by atomic mass is 9.98. The number of carbonyl (C=O) groups is 2. The van der Waals surface area contributed by atoms with E-state index in [9.17, 15) is 9.59 Å². The van der Waals surface area contributed by atoms with Gasteiger partial charge in [-0.2, -0.15) is 0 Å². The van der Waals surface area contributed by atoms with Gasteiger partial charge in [-0.25, -0.2) is 4.79 Å². The maximum atomic E-state index is 13.6. The summed E-state index contributed by atoms with van der Waals surface area (Å²) < 4.78 is 2.21. The van der Waals surface area contributed by atoms with Gasteiger partial charge in [-0.1, -0.05) is 48.9 Å². The monoisotopic (exact) mass is 444 g/mol. The fraction of sp³-hybridized carbons (Fsp3) is 0.333. The van der Waals surface area contributed by atoms with Gasteiger partial charge in [0.1, 0.15) is 6.54 Å². The molecule has 0 fully saturated rings. The van der Waals surface area contributed by atoms with Crippen LogP contribution in [-0.4, -0.2) is 45.9 Å². The highest BCUT2D eigenvalue weighted by atomic mass is 16.2. The number of anilines is 1. The molecule has 6 nitrogen and oxygen atoms in total. The number of nitrogens with zero attached hydrogens (tertiary/aromatic N) is 3. The van der Waals surface area contributed by atoms with Gasteiger partial charge in [0, 0.05) is 37.2 Å². The SMILES string of the molecule is CCCN(CC(=O)N1CCn2cccc2C1c1ccc(C)cc1)C(=O)Nc1cccc(C)c1. The van der Waals surface area contributed by atoms with Gasteiger partial charge in [0.2, 0.25) is 5.91 Å². The van der Waals surface area contributed by atoms with E-state index >= 15 is 0 Å². The van der Waals surface area contributed by atoms with Crippen molar-refractivity contribution in [1.29, 1.82) is 0 Å². The van der Waals surface area contributed by atoms with Crippen LogP contribution < -0.4 is 5.32 Å². The molecule has 172 valence electrons. The van der Waals surface area contributed by atoms with E-state index < -0.39 is 0 Å². The first kappa shape index (κ1) is 22.6. The topological polar surface area (TPSA) is 57.6 Å². The Bertz CT molecular complexity index is 1120. The van der Waals surface area contributed by atoms with Crippen molar-refractivity contribution in [3.63, 3.8) is 0 Å². The molecule has 0 saturated heterocycles. The Morgan fingerprint density at radius 2 is 1.79 bits per heavy atom. The molecule has 2 aromatic carbocycles. The Morgan fingerprint density at radius 1 is 1.00 bits per heavy atom. The van der Waals surface area contributed by atoms with Crippen LogP contribution in [0.2, 0.25) is 0 Å². The number of benzene rings is 2. The summed E-state index contributed by atoms with van der Waals surface area (Å²) in [6.07, 6.45) is 2.84. The van der Waals surface area contributed by atoms with E-state index in [0.717, 1.165) is 35.5 Å². The van der Waals surface area contributed by atoms with E-state index in [4.69, 9.17) is 0 Å². The molecule has 1 N–H and O–H groups in total. The lowest BCUT2D eigenvalue weighted by molar-refractivity contribution is -0.134. The summed E-state index contributed by atoms with van der Waals surface area (Å²) in [6.45, 7) is 7.99. The molecule has 0 bridgehead atoms. The number of urea groups is 1. The second kappa shape index (κ2) is 9.94. The van der Waals surface area contributed by atoms with Gasteiger partial charge in [-0.3, -0.25) is 4.79 Å². The van der Waals surface area contributed by atoms with E-state index in [-0.39, 0.29) is 24.5 Å². The van der Waals surface area contributed by atoms with E-state index in [1.807, 2.05) is 49.1 Å². The van der Waals surface area contributed by atoms with Crippen molar-refractivity contribution in [1.82, 2.24) is 14.4 Å². The number of rotatable bonds is 6. The van der Waals surface area contributed by atoms with Gasteiger partial charge in [-0.05, 0) is 55.7 Å². The highest BCUT2D eigenvalue weighted by Gasteiger charge is 2.33. The van der Waals surface area contributed by atoms with E-state index in [1.54, 1.807) is 4.90 Å². The zero-order chi connectivity index (χ0) is 23.4. The van der Waals surface area contributed by atoms with Gasteiger partial charge in [0.05, 0.1) is 6.04 Å². The Labute approximate surface area is 195 Å². The maximum absolute atomic E-state index is 13.6. The first-order valence-electron chi connectivity index (χ1n) is 11.6.